The summed E-state index contributed by atoms with van der Waals surface area (Å²) in [6, 6.07) is 8.17. The van der Waals surface area contributed by atoms with Gasteiger partial charge in [-0.15, -0.1) is 0 Å². The molecule has 0 aliphatic heterocycles. The fraction of sp³-hybridized carbons (Fsp3) is 0.467. The Morgan fingerprint density at radius 2 is 1.94 bits per heavy atom. The predicted octanol–water partition coefficient (Wildman–Crippen LogP) is 2.77. The summed E-state index contributed by atoms with van der Waals surface area (Å²) in [6.07, 6.45) is 2.07. The van der Waals surface area contributed by atoms with E-state index in [2.05, 4.69) is 37.4 Å². The van der Waals surface area contributed by atoms with Gasteiger partial charge in [0, 0.05) is 20.2 Å². The van der Waals surface area contributed by atoms with Crippen molar-refractivity contribution in [3.63, 3.8) is 0 Å². The van der Waals surface area contributed by atoms with Crippen LogP contribution in [-0.2, 0) is 11.3 Å². The van der Waals surface area contributed by atoms with Crippen LogP contribution in [0.15, 0.2) is 35.9 Å². The average Bonchev–Trinajstić information content (AvgIpc) is 2.36. The zero-order chi connectivity index (χ0) is 13.2. The zero-order valence-corrected chi connectivity index (χ0v) is 11.5. The Kier molecular flexibility index (Phi) is 7.14. The molecule has 0 aliphatic carbocycles. The number of hydrogen-bond donors (Lipinski definition) is 1. The van der Waals surface area contributed by atoms with Crippen LogP contribution in [0.3, 0.4) is 0 Å². The second-order valence-electron chi connectivity index (χ2n) is 4.41. The molecule has 0 aliphatic rings. The van der Waals surface area contributed by atoms with Gasteiger partial charge in [-0.2, -0.15) is 0 Å². The Balaban J connectivity index is 2.31. The third-order valence-corrected chi connectivity index (χ3v) is 2.48. The maximum Gasteiger partial charge on any atom is 0.119 e. The molecule has 1 rings (SSSR count). The smallest absolute Gasteiger partial charge is 0.119 e. The summed E-state index contributed by atoms with van der Waals surface area (Å²) in [6.45, 7) is 7.24. The summed E-state index contributed by atoms with van der Waals surface area (Å²) in [5.41, 5.74) is 2.52. The fourth-order valence-electron chi connectivity index (χ4n) is 1.42. The fourth-order valence-corrected chi connectivity index (χ4v) is 1.42. The highest BCUT2D eigenvalue weighted by atomic mass is 16.5. The molecule has 0 saturated carbocycles. The highest BCUT2D eigenvalue weighted by Gasteiger charge is 1.95. The van der Waals surface area contributed by atoms with E-state index in [0.717, 1.165) is 25.4 Å². The van der Waals surface area contributed by atoms with Crippen molar-refractivity contribution >= 4 is 0 Å². The molecular formula is C15H23NO2. The second kappa shape index (κ2) is 8.72. The Hall–Kier alpha value is -1.32. The largest absolute Gasteiger partial charge is 0.490 e. The average molecular weight is 249 g/mol. The van der Waals surface area contributed by atoms with Gasteiger partial charge < -0.3 is 14.8 Å². The molecule has 0 saturated heterocycles. The molecule has 0 bridgehead atoms. The molecule has 0 aromatic heterocycles. The van der Waals surface area contributed by atoms with E-state index in [0.29, 0.717) is 6.61 Å². The first-order valence-electron chi connectivity index (χ1n) is 6.27. The molecule has 1 N–H and O–H groups in total. The first-order valence-corrected chi connectivity index (χ1v) is 6.27. The lowest BCUT2D eigenvalue weighted by atomic mass is 10.2. The summed E-state index contributed by atoms with van der Waals surface area (Å²) >= 11 is 0. The van der Waals surface area contributed by atoms with E-state index in [-0.39, 0.29) is 0 Å². The summed E-state index contributed by atoms with van der Waals surface area (Å²) in [5, 5.41) is 3.30. The van der Waals surface area contributed by atoms with Gasteiger partial charge in [-0.1, -0.05) is 17.7 Å². The summed E-state index contributed by atoms with van der Waals surface area (Å²) in [5.74, 6) is 0.910. The number of allylic oxidation sites excluding steroid dienone is 1. The molecule has 0 spiro atoms. The minimum absolute atomic E-state index is 0.633. The van der Waals surface area contributed by atoms with Crippen LogP contribution in [-0.4, -0.2) is 26.9 Å². The highest BCUT2D eigenvalue weighted by molar-refractivity contribution is 5.27. The first-order chi connectivity index (χ1) is 8.72. The molecule has 1 aromatic rings. The molecule has 0 radical (unpaired) electrons. The van der Waals surface area contributed by atoms with E-state index in [9.17, 15) is 0 Å². The Morgan fingerprint density at radius 1 is 1.22 bits per heavy atom. The second-order valence-corrected chi connectivity index (χ2v) is 4.41. The number of ether oxygens (including phenoxy) is 2. The van der Waals surface area contributed by atoms with Crippen molar-refractivity contribution in [3.05, 3.63) is 41.5 Å². The van der Waals surface area contributed by atoms with Gasteiger partial charge in [0.1, 0.15) is 12.4 Å². The highest BCUT2D eigenvalue weighted by Crippen LogP contribution is 2.12. The van der Waals surface area contributed by atoms with Crippen molar-refractivity contribution < 1.29 is 9.47 Å². The van der Waals surface area contributed by atoms with Gasteiger partial charge >= 0.3 is 0 Å². The van der Waals surface area contributed by atoms with Crippen molar-refractivity contribution in [2.24, 2.45) is 0 Å². The van der Waals surface area contributed by atoms with E-state index in [1.807, 2.05) is 12.1 Å². The standard InChI is InChI=1S/C15H23NO2/c1-13(2)8-10-18-15-6-4-14(5-7-15)12-16-9-11-17-3/h4-8,16H,9-12H2,1-3H3. The lowest BCUT2D eigenvalue weighted by molar-refractivity contribution is 0.199. The van der Waals surface area contributed by atoms with E-state index in [4.69, 9.17) is 9.47 Å². The topological polar surface area (TPSA) is 30.5 Å². The molecule has 100 valence electrons. The van der Waals surface area contributed by atoms with Crippen molar-refractivity contribution in [1.82, 2.24) is 5.32 Å². The van der Waals surface area contributed by atoms with Crippen LogP contribution in [0.2, 0.25) is 0 Å². The SMILES string of the molecule is COCCNCc1ccc(OCC=C(C)C)cc1. The third kappa shape index (κ3) is 6.42. The monoisotopic (exact) mass is 249 g/mol. The van der Waals surface area contributed by atoms with E-state index in [1.54, 1.807) is 7.11 Å². The van der Waals surface area contributed by atoms with Gasteiger partial charge in [-0.3, -0.25) is 0 Å². The molecule has 0 unspecified atom stereocenters. The van der Waals surface area contributed by atoms with Crippen LogP contribution in [0.4, 0.5) is 0 Å². The minimum Gasteiger partial charge on any atom is -0.490 e. The predicted molar refractivity (Wildman–Crippen MR) is 75.0 cm³/mol. The molecule has 0 amide bonds. The van der Waals surface area contributed by atoms with Crippen LogP contribution >= 0.6 is 0 Å². The maximum absolute atomic E-state index is 5.60. The van der Waals surface area contributed by atoms with Crippen LogP contribution in [0.5, 0.6) is 5.75 Å². The van der Waals surface area contributed by atoms with E-state index >= 15 is 0 Å². The molecule has 3 heteroatoms. The summed E-state index contributed by atoms with van der Waals surface area (Å²) in [4.78, 5) is 0. The summed E-state index contributed by atoms with van der Waals surface area (Å²) < 4.78 is 10.6. The van der Waals surface area contributed by atoms with Gasteiger partial charge in [0.15, 0.2) is 0 Å². The Morgan fingerprint density at radius 3 is 2.56 bits per heavy atom. The number of hydrogen-bond acceptors (Lipinski definition) is 3. The van der Waals surface area contributed by atoms with Crippen molar-refractivity contribution in [3.8, 4) is 5.75 Å². The molecule has 0 heterocycles. The maximum atomic E-state index is 5.60. The van der Waals surface area contributed by atoms with Gasteiger partial charge in [0.2, 0.25) is 0 Å². The quantitative estimate of drug-likeness (QED) is 0.567. The Bertz CT molecular complexity index is 353. The molecule has 0 fully saturated rings. The first kappa shape index (κ1) is 14.7. The minimum atomic E-state index is 0.633. The van der Waals surface area contributed by atoms with Gasteiger partial charge in [0.05, 0.1) is 6.61 Å². The molecule has 18 heavy (non-hydrogen) atoms. The molecule has 0 atom stereocenters. The lowest BCUT2D eigenvalue weighted by Gasteiger charge is -2.06. The van der Waals surface area contributed by atoms with Crippen LogP contribution in [0, 0.1) is 0 Å². The van der Waals surface area contributed by atoms with Crippen molar-refractivity contribution in [2.75, 3.05) is 26.9 Å². The van der Waals surface area contributed by atoms with Crippen molar-refractivity contribution in [1.29, 1.82) is 0 Å². The normalized spacial score (nSPS) is 10.2. The molecular weight excluding hydrogens is 226 g/mol. The van der Waals surface area contributed by atoms with Gasteiger partial charge in [0.25, 0.3) is 0 Å². The molecule has 3 nitrogen and oxygen atoms in total. The number of rotatable bonds is 8. The summed E-state index contributed by atoms with van der Waals surface area (Å²) in [7, 11) is 1.71. The van der Waals surface area contributed by atoms with Crippen LogP contribution < -0.4 is 10.1 Å². The van der Waals surface area contributed by atoms with E-state index < -0.39 is 0 Å². The van der Waals surface area contributed by atoms with Crippen molar-refractivity contribution in [2.45, 2.75) is 20.4 Å². The van der Waals surface area contributed by atoms with Gasteiger partial charge in [-0.05, 0) is 37.6 Å². The molecule has 1 aromatic carbocycles. The van der Waals surface area contributed by atoms with Crippen LogP contribution in [0.1, 0.15) is 19.4 Å². The van der Waals surface area contributed by atoms with E-state index in [1.165, 1.54) is 11.1 Å². The Labute approximate surface area is 110 Å². The number of benzene rings is 1. The van der Waals surface area contributed by atoms with Crippen LogP contribution in [0.25, 0.3) is 0 Å². The number of methoxy groups -OCH3 is 1. The lowest BCUT2D eigenvalue weighted by Crippen LogP contribution is -2.18. The van der Waals surface area contributed by atoms with Gasteiger partial charge in [-0.25, -0.2) is 0 Å². The number of nitrogens with one attached hydrogen (secondary N) is 1. The third-order valence-electron chi connectivity index (χ3n) is 2.48. The zero-order valence-electron chi connectivity index (χ0n) is 11.5.